The number of fused-ring (bicyclic) bond motifs is 1. The topological polar surface area (TPSA) is 69.6 Å². The number of aryl methyl sites for hydroxylation is 1. The van der Waals surface area contributed by atoms with E-state index in [2.05, 4.69) is 5.32 Å². The van der Waals surface area contributed by atoms with Crippen LogP contribution in [0.2, 0.25) is 0 Å². The molecule has 0 radical (unpaired) electrons. The Hall–Kier alpha value is -1.95. The summed E-state index contributed by atoms with van der Waals surface area (Å²) in [6.07, 6.45) is 4.62. The minimum Gasteiger partial charge on any atom is -0.394 e. The van der Waals surface area contributed by atoms with E-state index in [0.29, 0.717) is 18.5 Å². The normalized spacial score (nSPS) is 19.2. The van der Waals surface area contributed by atoms with Crippen LogP contribution in [0.4, 0.5) is 10.1 Å². The molecule has 0 unspecified atom stereocenters. The Morgan fingerprint density at radius 2 is 2.04 bits per heavy atom. The zero-order valence-electron chi connectivity index (χ0n) is 13.7. The zero-order chi connectivity index (χ0) is 17.2. The number of hydrogen-bond donors (Lipinski definition) is 2. The van der Waals surface area contributed by atoms with Crippen molar-refractivity contribution < 1.29 is 19.1 Å². The van der Waals surface area contributed by atoms with Gasteiger partial charge in [0.25, 0.3) is 0 Å². The van der Waals surface area contributed by atoms with Crippen LogP contribution in [-0.4, -0.2) is 35.6 Å². The average molecular weight is 334 g/mol. The first-order valence-electron chi connectivity index (χ1n) is 8.54. The lowest BCUT2D eigenvalue weighted by Crippen LogP contribution is -2.50. The summed E-state index contributed by atoms with van der Waals surface area (Å²) in [6.45, 7) is 0.217. The molecule has 5 nitrogen and oxygen atoms in total. The summed E-state index contributed by atoms with van der Waals surface area (Å²) in [5, 5.41) is 12.5. The van der Waals surface area contributed by atoms with Gasteiger partial charge >= 0.3 is 0 Å². The number of nitrogens with one attached hydrogen (secondary N) is 1. The van der Waals surface area contributed by atoms with E-state index < -0.39 is 5.54 Å². The lowest BCUT2D eigenvalue weighted by Gasteiger charge is -2.31. The molecule has 130 valence electrons. The Balaban J connectivity index is 1.64. The van der Waals surface area contributed by atoms with Crippen molar-refractivity contribution in [1.82, 2.24) is 5.32 Å². The maximum Gasteiger partial charge on any atom is 0.227 e. The summed E-state index contributed by atoms with van der Waals surface area (Å²) in [7, 11) is 0. The van der Waals surface area contributed by atoms with Crippen LogP contribution in [0.25, 0.3) is 0 Å². The molecule has 2 N–H and O–H groups in total. The smallest absolute Gasteiger partial charge is 0.227 e. The van der Waals surface area contributed by atoms with Gasteiger partial charge in [-0.1, -0.05) is 12.8 Å². The molecule has 3 rings (SSSR count). The third kappa shape index (κ3) is 3.43. The summed E-state index contributed by atoms with van der Waals surface area (Å²) < 4.78 is 13.4. The molecule has 2 aliphatic rings. The molecule has 1 heterocycles. The number of halogens is 1. The molecule has 0 bridgehead atoms. The Morgan fingerprint density at radius 1 is 1.29 bits per heavy atom. The summed E-state index contributed by atoms with van der Waals surface area (Å²) in [5.41, 5.74) is 1.00. The van der Waals surface area contributed by atoms with Crippen LogP contribution in [0.3, 0.4) is 0 Å². The highest BCUT2D eigenvalue weighted by molar-refractivity contribution is 5.97. The van der Waals surface area contributed by atoms with E-state index in [0.717, 1.165) is 31.2 Å². The second-order valence-electron chi connectivity index (χ2n) is 6.76. The summed E-state index contributed by atoms with van der Waals surface area (Å²) in [4.78, 5) is 26.0. The summed E-state index contributed by atoms with van der Waals surface area (Å²) >= 11 is 0. The minimum absolute atomic E-state index is 0.0420. The number of hydrogen-bond acceptors (Lipinski definition) is 3. The lowest BCUT2D eigenvalue weighted by molar-refractivity contribution is -0.123. The van der Waals surface area contributed by atoms with Gasteiger partial charge in [-0.05, 0) is 43.0 Å². The number of rotatable bonds is 5. The fourth-order valence-electron chi connectivity index (χ4n) is 3.72. The molecule has 6 heteroatoms. The minimum atomic E-state index is -0.496. The molecule has 0 atom stereocenters. The Labute approximate surface area is 140 Å². The molecular formula is C18H23FN2O3. The molecule has 1 aromatic carbocycles. The van der Waals surface area contributed by atoms with Crippen molar-refractivity contribution in [1.29, 1.82) is 0 Å². The molecule has 24 heavy (non-hydrogen) atoms. The number of carbonyl (C=O) groups is 2. The number of anilines is 1. The first-order valence-corrected chi connectivity index (χ1v) is 8.54. The van der Waals surface area contributed by atoms with E-state index in [1.807, 2.05) is 0 Å². The molecular weight excluding hydrogens is 311 g/mol. The fraction of sp³-hybridized carbons (Fsp3) is 0.556. The van der Waals surface area contributed by atoms with E-state index in [-0.39, 0.29) is 37.2 Å². The lowest BCUT2D eigenvalue weighted by atomic mass is 9.98. The molecule has 1 aliphatic carbocycles. The van der Waals surface area contributed by atoms with E-state index in [4.69, 9.17) is 0 Å². The van der Waals surface area contributed by atoms with Gasteiger partial charge in [-0.3, -0.25) is 9.59 Å². The van der Waals surface area contributed by atoms with Crippen LogP contribution in [0.15, 0.2) is 18.2 Å². The van der Waals surface area contributed by atoms with Gasteiger partial charge in [0, 0.05) is 25.1 Å². The SMILES string of the molecule is O=C(CCN1C(=O)CCc2cc(F)ccc21)NC1(CO)CCCC1. The maximum atomic E-state index is 13.4. The number of benzene rings is 1. The van der Waals surface area contributed by atoms with Crippen LogP contribution in [0.1, 0.15) is 44.1 Å². The van der Waals surface area contributed by atoms with E-state index in [9.17, 15) is 19.1 Å². The largest absolute Gasteiger partial charge is 0.394 e. The maximum absolute atomic E-state index is 13.4. The van der Waals surface area contributed by atoms with Gasteiger partial charge in [0.05, 0.1) is 12.1 Å². The second kappa shape index (κ2) is 6.89. The third-order valence-corrected chi connectivity index (χ3v) is 5.07. The van der Waals surface area contributed by atoms with E-state index in [1.54, 1.807) is 11.0 Å². The first kappa shape index (κ1) is 16.9. The zero-order valence-corrected chi connectivity index (χ0v) is 13.7. The first-order chi connectivity index (χ1) is 11.5. The van der Waals surface area contributed by atoms with Gasteiger partial charge in [0.2, 0.25) is 11.8 Å². The van der Waals surface area contributed by atoms with Gasteiger partial charge in [-0.15, -0.1) is 0 Å². The number of nitrogens with zero attached hydrogens (tertiary/aromatic N) is 1. The number of aliphatic hydroxyl groups is 1. The van der Waals surface area contributed by atoms with Crippen molar-refractivity contribution >= 4 is 17.5 Å². The Bertz CT molecular complexity index is 641. The highest BCUT2D eigenvalue weighted by Crippen LogP contribution is 2.30. The van der Waals surface area contributed by atoms with Crippen LogP contribution < -0.4 is 10.2 Å². The van der Waals surface area contributed by atoms with Crippen molar-refractivity contribution in [2.75, 3.05) is 18.1 Å². The molecule has 0 spiro atoms. The monoisotopic (exact) mass is 334 g/mol. The fourth-order valence-corrected chi connectivity index (χ4v) is 3.72. The molecule has 1 aromatic rings. The van der Waals surface area contributed by atoms with Crippen LogP contribution >= 0.6 is 0 Å². The van der Waals surface area contributed by atoms with Crippen molar-refractivity contribution in [2.24, 2.45) is 0 Å². The van der Waals surface area contributed by atoms with Crippen molar-refractivity contribution in [3.8, 4) is 0 Å². The van der Waals surface area contributed by atoms with E-state index >= 15 is 0 Å². The molecule has 1 fully saturated rings. The predicted molar refractivity (Wildman–Crippen MR) is 88.1 cm³/mol. The standard InChI is InChI=1S/C18H23FN2O3/c19-14-4-5-15-13(11-14)3-6-17(24)21(15)10-7-16(23)20-18(12-22)8-1-2-9-18/h4-5,11,22H,1-3,6-10,12H2,(H,20,23). The predicted octanol–water partition coefficient (Wildman–Crippen LogP) is 1.92. The van der Waals surface area contributed by atoms with Gasteiger partial charge in [0.1, 0.15) is 5.82 Å². The Morgan fingerprint density at radius 3 is 2.75 bits per heavy atom. The van der Waals surface area contributed by atoms with Crippen LogP contribution in [-0.2, 0) is 16.0 Å². The van der Waals surface area contributed by atoms with E-state index in [1.165, 1.54) is 12.1 Å². The second-order valence-corrected chi connectivity index (χ2v) is 6.76. The Kier molecular flexibility index (Phi) is 4.85. The average Bonchev–Trinajstić information content (AvgIpc) is 3.03. The van der Waals surface area contributed by atoms with Gasteiger partial charge in [0.15, 0.2) is 0 Å². The number of carbonyl (C=O) groups excluding carboxylic acids is 2. The number of amides is 2. The van der Waals surface area contributed by atoms with Gasteiger partial charge < -0.3 is 15.3 Å². The van der Waals surface area contributed by atoms with Crippen LogP contribution in [0.5, 0.6) is 0 Å². The molecule has 0 saturated heterocycles. The van der Waals surface area contributed by atoms with Crippen molar-refractivity contribution in [2.45, 2.75) is 50.5 Å². The van der Waals surface area contributed by atoms with Gasteiger partial charge in [-0.25, -0.2) is 4.39 Å². The number of aliphatic hydroxyl groups excluding tert-OH is 1. The van der Waals surface area contributed by atoms with Crippen molar-refractivity contribution in [3.05, 3.63) is 29.6 Å². The van der Waals surface area contributed by atoms with Crippen molar-refractivity contribution in [3.63, 3.8) is 0 Å². The third-order valence-electron chi connectivity index (χ3n) is 5.07. The quantitative estimate of drug-likeness (QED) is 0.864. The van der Waals surface area contributed by atoms with Crippen LogP contribution in [0, 0.1) is 5.82 Å². The highest BCUT2D eigenvalue weighted by Gasteiger charge is 2.34. The molecule has 0 aromatic heterocycles. The molecule has 2 amide bonds. The molecule has 1 saturated carbocycles. The highest BCUT2D eigenvalue weighted by atomic mass is 19.1. The molecule has 1 aliphatic heterocycles. The summed E-state index contributed by atoms with van der Waals surface area (Å²) in [5.74, 6) is -0.514. The van der Waals surface area contributed by atoms with Gasteiger partial charge in [-0.2, -0.15) is 0 Å². The summed E-state index contributed by atoms with van der Waals surface area (Å²) in [6, 6.07) is 4.39.